The standard InChI is InChI=1S/C27H30N6O6/c1-35-20-9-17(10-21(13-20)36-2)14-32-15-18(30-31-32)16-33(27-22(26(28)34)7-6-8-29-27)19-11-23(37-3)25(39-5)24(12-19)38-4/h6-13,15H,14,16H2,1-5H3,(H2,28,34). The number of pyridine rings is 1. The number of nitrogens with two attached hydrogens (primary N) is 1. The van der Waals surface area contributed by atoms with E-state index in [9.17, 15) is 4.79 Å². The first kappa shape index (κ1) is 27.0. The summed E-state index contributed by atoms with van der Waals surface area (Å²) in [5.41, 5.74) is 8.07. The molecule has 12 heteroatoms. The van der Waals surface area contributed by atoms with E-state index in [1.807, 2.05) is 18.3 Å². The number of aromatic nitrogens is 4. The van der Waals surface area contributed by atoms with Crippen molar-refractivity contribution in [2.24, 2.45) is 5.73 Å². The van der Waals surface area contributed by atoms with Crippen molar-refractivity contribution in [1.82, 2.24) is 20.0 Å². The lowest BCUT2D eigenvalue weighted by Crippen LogP contribution is -2.23. The third-order valence-corrected chi connectivity index (χ3v) is 5.93. The number of ether oxygens (including phenoxy) is 5. The minimum Gasteiger partial charge on any atom is -0.497 e. The smallest absolute Gasteiger partial charge is 0.252 e. The maximum absolute atomic E-state index is 12.3. The van der Waals surface area contributed by atoms with Crippen LogP contribution in [0.5, 0.6) is 28.7 Å². The average Bonchev–Trinajstić information content (AvgIpc) is 3.41. The van der Waals surface area contributed by atoms with E-state index in [2.05, 4.69) is 15.3 Å². The van der Waals surface area contributed by atoms with E-state index in [1.54, 1.807) is 60.3 Å². The molecule has 0 aliphatic heterocycles. The SMILES string of the molecule is COc1cc(Cn2cc(CN(c3cc(OC)c(OC)c(OC)c3)c3ncccc3C(N)=O)nn2)cc(OC)c1. The van der Waals surface area contributed by atoms with Crippen molar-refractivity contribution in [3.05, 3.63) is 71.7 Å². The molecule has 2 aromatic heterocycles. The summed E-state index contributed by atoms with van der Waals surface area (Å²) < 4.78 is 29.0. The number of carbonyl (C=O) groups excluding carboxylic acids is 1. The molecule has 12 nitrogen and oxygen atoms in total. The summed E-state index contributed by atoms with van der Waals surface area (Å²) in [6, 6.07) is 12.4. The summed E-state index contributed by atoms with van der Waals surface area (Å²) in [6.45, 7) is 0.637. The molecule has 0 aliphatic rings. The van der Waals surface area contributed by atoms with Gasteiger partial charge in [0.05, 0.1) is 66.1 Å². The molecular formula is C27H30N6O6. The highest BCUT2D eigenvalue weighted by atomic mass is 16.5. The average molecular weight is 535 g/mol. The number of benzene rings is 2. The summed E-state index contributed by atoms with van der Waals surface area (Å²) in [6.07, 6.45) is 3.39. The highest BCUT2D eigenvalue weighted by Crippen LogP contribution is 2.43. The van der Waals surface area contributed by atoms with Gasteiger partial charge in [-0.25, -0.2) is 9.67 Å². The van der Waals surface area contributed by atoms with Crippen molar-refractivity contribution in [2.75, 3.05) is 40.4 Å². The number of methoxy groups -OCH3 is 5. The maximum atomic E-state index is 12.3. The molecule has 0 atom stereocenters. The Morgan fingerprint density at radius 3 is 2.15 bits per heavy atom. The normalized spacial score (nSPS) is 10.6. The predicted octanol–water partition coefficient (Wildman–Crippen LogP) is 3.20. The number of hydrogen-bond acceptors (Lipinski definition) is 10. The molecule has 4 rings (SSSR count). The second-order valence-corrected chi connectivity index (χ2v) is 8.34. The summed E-state index contributed by atoms with van der Waals surface area (Å²) in [4.78, 5) is 18.6. The lowest BCUT2D eigenvalue weighted by Gasteiger charge is -2.26. The molecule has 0 spiro atoms. The molecular weight excluding hydrogens is 504 g/mol. The van der Waals surface area contributed by atoms with Crippen molar-refractivity contribution < 1.29 is 28.5 Å². The third-order valence-electron chi connectivity index (χ3n) is 5.93. The number of hydrogen-bond donors (Lipinski definition) is 1. The molecule has 2 N–H and O–H groups in total. The van der Waals surface area contributed by atoms with Gasteiger partial charge >= 0.3 is 0 Å². The first-order valence-corrected chi connectivity index (χ1v) is 11.8. The predicted molar refractivity (Wildman–Crippen MR) is 143 cm³/mol. The zero-order chi connectivity index (χ0) is 27.9. The summed E-state index contributed by atoms with van der Waals surface area (Å²) in [5, 5.41) is 8.65. The Kier molecular flexibility index (Phi) is 8.34. The number of amides is 1. The van der Waals surface area contributed by atoms with Gasteiger partial charge in [-0.1, -0.05) is 5.21 Å². The molecule has 0 radical (unpaired) electrons. The second kappa shape index (κ2) is 12.0. The summed E-state index contributed by atoms with van der Waals surface area (Å²) >= 11 is 0. The lowest BCUT2D eigenvalue weighted by molar-refractivity contribution is 0.100. The van der Waals surface area contributed by atoms with E-state index < -0.39 is 5.91 Å². The van der Waals surface area contributed by atoms with Crippen molar-refractivity contribution in [2.45, 2.75) is 13.1 Å². The van der Waals surface area contributed by atoms with Gasteiger partial charge in [-0.15, -0.1) is 5.10 Å². The van der Waals surface area contributed by atoms with Gasteiger partial charge < -0.3 is 34.3 Å². The summed E-state index contributed by atoms with van der Waals surface area (Å²) in [5.74, 6) is 2.37. The maximum Gasteiger partial charge on any atom is 0.252 e. The van der Waals surface area contributed by atoms with Crippen molar-refractivity contribution in [1.29, 1.82) is 0 Å². The van der Waals surface area contributed by atoms with Gasteiger partial charge in [0.1, 0.15) is 23.0 Å². The van der Waals surface area contributed by atoms with Crippen molar-refractivity contribution in [3.63, 3.8) is 0 Å². The van der Waals surface area contributed by atoms with Crippen molar-refractivity contribution >= 4 is 17.4 Å². The van der Waals surface area contributed by atoms with Crippen LogP contribution in [0.15, 0.2) is 54.9 Å². The fraction of sp³-hybridized carbons (Fsp3) is 0.259. The van der Waals surface area contributed by atoms with Crippen LogP contribution in [0.25, 0.3) is 0 Å². The number of rotatable bonds is 12. The van der Waals surface area contributed by atoms with Gasteiger partial charge in [0, 0.05) is 24.4 Å². The molecule has 2 heterocycles. The molecule has 4 aromatic rings. The minimum atomic E-state index is -0.619. The van der Waals surface area contributed by atoms with Crippen LogP contribution in [0.3, 0.4) is 0 Å². The van der Waals surface area contributed by atoms with E-state index in [1.165, 1.54) is 21.3 Å². The largest absolute Gasteiger partial charge is 0.497 e. The number of carbonyl (C=O) groups is 1. The first-order valence-electron chi connectivity index (χ1n) is 11.8. The summed E-state index contributed by atoms with van der Waals surface area (Å²) in [7, 11) is 7.78. The van der Waals surface area contributed by atoms with Crippen LogP contribution in [0.4, 0.5) is 11.5 Å². The zero-order valence-corrected chi connectivity index (χ0v) is 22.4. The molecule has 0 aliphatic carbocycles. The molecule has 39 heavy (non-hydrogen) atoms. The van der Waals surface area contributed by atoms with Crippen LogP contribution in [0.2, 0.25) is 0 Å². The van der Waals surface area contributed by atoms with Gasteiger partial charge in [-0.05, 0) is 29.8 Å². The Labute approximate surface area is 225 Å². The van der Waals surface area contributed by atoms with Crippen LogP contribution in [0, 0.1) is 0 Å². The molecule has 0 bridgehead atoms. The van der Waals surface area contributed by atoms with E-state index in [-0.39, 0.29) is 12.1 Å². The highest BCUT2D eigenvalue weighted by Gasteiger charge is 2.23. The van der Waals surface area contributed by atoms with Gasteiger partial charge in [-0.3, -0.25) is 4.79 Å². The van der Waals surface area contributed by atoms with E-state index >= 15 is 0 Å². The highest BCUT2D eigenvalue weighted by molar-refractivity contribution is 5.98. The lowest BCUT2D eigenvalue weighted by atomic mass is 10.1. The fourth-order valence-corrected chi connectivity index (χ4v) is 4.11. The molecule has 0 fully saturated rings. The monoisotopic (exact) mass is 534 g/mol. The third kappa shape index (κ3) is 5.95. The van der Waals surface area contributed by atoms with Crippen LogP contribution in [-0.4, -0.2) is 61.4 Å². The Bertz CT molecular complexity index is 1410. The molecule has 1 amide bonds. The molecule has 0 unspecified atom stereocenters. The fourth-order valence-electron chi connectivity index (χ4n) is 4.11. The van der Waals surface area contributed by atoms with Crippen LogP contribution < -0.4 is 34.3 Å². The zero-order valence-electron chi connectivity index (χ0n) is 22.4. The molecule has 0 saturated carbocycles. The first-order chi connectivity index (χ1) is 18.9. The second-order valence-electron chi connectivity index (χ2n) is 8.34. The molecule has 0 saturated heterocycles. The Hall–Kier alpha value is -5.00. The van der Waals surface area contributed by atoms with E-state index in [4.69, 9.17) is 29.4 Å². The van der Waals surface area contributed by atoms with Gasteiger partial charge in [-0.2, -0.15) is 0 Å². The Balaban J connectivity index is 1.74. The van der Waals surface area contributed by atoms with Gasteiger partial charge in [0.25, 0.3) is 5.91 Å². The molecule has 2 aromatic carbocycles. The molecule has 204 valence electrons. The Morgan fingerprint density at radius 2 is 1.59 bits per heavy atom. The van der Waals surface area contributed by atoms with Crippen molar-refractivity contribution in [3.8, 4) is 28.7 Å². The number of anilines is 2. The van der Waals surface area contributed by atoms with E-state index in [0.29, 0.717) is 52.5 Å². The topological polar surface area (TPSA) is 136 Å². The van der Waals surface area contributed by atoms with Gasteiger partial charge in [0.15, 0.2) is 11.5 Å². The quantitative estimate of drug-likeness (QED) is 0.288. The van der Waals surface area contributed by atoms with Crippen LogP contribution in [-0.2, 0) is 13.1 Å². The minimum absolute atomic E-state index is 0.206. The number of nitrogens with zero attached hydrogens (tertiary/aromatic N) is 5. The van der Waals surface area contributed by atoms with Crippen LogP contribution >= 0.6 is 0 Å². The Morgan fingerprint density at radius 1 is 0.923 bits per heavy atom. The number of primary amides is 1. The van der Waals surface area contributed by atoms with E-state index in [0.717, 1.165) is 5.56 Å². The van der Waals surface area contributed by atoms with Gasteiger partial charge in [0.2, 0.25) is 5.75 Å². The van der Waals surface area contributed by atoms with Crippen LogP contribution in [0.1, 0.15) is 21.6 Å².